The molecule has 3 N–H and O–H groups in total. The zero-order valence-corrected chi connectivity index (χ0v) is 9.85. The molecular formula is C10H7F5N4O. The van der Waals surface area contributed by atoms with Gasteiger partial charge in [0.05, 0.1) is 6.04 Å². The molecule has 108 valence electrons. The summed E-state index contributed by atoms with van der Waals surface area (Å²) in [6, 6.07) is -1.21. The van der Waals surface area contributed by atoms with Crippen molar-refractivity contribution in [2.75, 3.05) is 5.32 Å². The summed E-state index contributed by atoms with van der Waals surface area (Å²) in [5, 5.41) is 8.57. The maximum atomic E-state index is 13.4. The quantitative estimate of drug-likeness (QED) is 0.517. The molecule has 0 aliphatic heterocycles. The largest absolute Gasteiger partial charge is 0.406 e. The molecule has 0 aliphatic carbocycles. The number of benzene rings is 1. The van der Waals surface area contributed by atoms with Crippen molar-refractivity contribution in [2.45, 2.75) is 13.0 Å². The highest BCUT2D eigenvalue weighted by atomic mass is 19.2. The van der Waals surface area contributed by atoms with Gasteiger partial charge in [0.25, 0.3) is 0 Å². The second-order valence-corrected chi connectivity index (χ2v) is 3.80. The van der Waals surface area contributed by atoms with E-state index in [2.05, 4.69) is 10.2 Å². The van der Waals surface area contributed by atoms with Crippen molar-refractivity contribution >= 4 is 11.7 Å². The van der Waals surface area contributed by atoms with Crippen LogP contribution in [0.2, 0.25) is 0 Å². The van der Waals surface area contributed by atoms with Crippen molar-refractivity contribution in [3.63, 3.8) is 0 Å². The lowest BCUT2D eigenvalue weighted by molar-refractivity contribution is 0.381. The van der Waals surface area contributed by atoms with Crippen LogP contribution >= 0.6 is 0 Å². The van der Waals surface area contributed by atoms with Crippen LogP contribution < -0.4 is 11.1 Å². The highest BCUT2D eigenvalue weighted by molar-refractivity contribution is 5.54. The van der Waals surface area contributed by atoms with Crippen LogP contribution in [-0.2, 0) is 0 Å². The van der Waals surface area contributed by atoms with Crippen LogP contribution in [0.1, 0.15) is 18.9 Å². The smallest absolute Gasteiger partial charge is 0.320 e. The lowest BCUT2D eigenvalue weighted by Crippen LogP contribution is -2.07. The van der Waals surface area contributed by atoms with E-state index in [1.54, 1.807) is 0 Å². The zero-order chi connectivity index (χ0) is 15.0. The molecule has 0 radical (unpaired) electrons. The average molecular weight is 294 g/mol. The molecule has 5 nitrogen and oxygen atoms in total. The second kappa shape index (κ2) is 5.04. The maximum Gasteiger partial charge on any atom is 0.320 e. The van der Waals surface area contributed by atoms with Crippen molar-refractivity contribution in [1.29, 1.82) is 0 Å². The molecule has 0 aliphatic rings. The third kappa shape index (κ3) is 2.29. The highest BCUT2D eigenvalue weighted by Crippen LogP contribution is 2.29. The molecule has 1 heterocycles. The fourth-order valence-electron chi connectivity index (χ4n) is 1.29. The first-order chi connectivity index (χ1) is 9.32. The molecule has 1 aromatic carbocycles. The number of anilines is 2. The van der Waals surface area contributed by atoms with Crippen LogP contribution in [-0.4, -0.2) is 10.2 Å². The molecule has 1 aromatic heterocycles. The fourth-order valence-corrected chi connectivity index (χ4v) is 1.29. The summed E-state index contributed by atoms with van der Waals surface area (Å²) in [5.74, 6) is -10.6. The monoisotopic (exact) mass is 294 g/mol. The molecule has 0 saturated carbocycles. The number of rotatable bonds is 3. The second-order valence-electron chi connectivity index (χ2n) is 3.80. The van der Waals surface area contributed by atoms with Crippen molar-refractivity contribution in [3.8, 4) is 0 Å². The van der Waals surface area contributed by atoms with Gasteiger partial charge in [-0.05, 0) is 6.92 Å². The summed E-state index contributed by atoms with van der Waals surface area (Å²) in [7, 11) is 0. The molecule has 10 heteroatoms. The SMILES string of the molecule is CC(N)c1nnc(Nc2c(F)c(F)c(F)c(F)c2F)o1. The number of hydrogen-bond acceptors (Lipinski definition) is 5. The van der Waals surface area contributed by atoms with Gasteiger partial charge in [-0.25, -0.2) is 22.0 Å². The van der Waals surface area contributed by atoms with Gasteiger partial charge in [-0.2, -0.15) is 0 Å². The van der Waals surface area contributed by atoms with E-state index in [1.165, 1.54) is 6.92 Å². The summed E-state index contributed by atoms with van der Waals surface area (Å²) < 4.78 is 70.3. The van der Waals surface area contributed by atoms with E-state index in [-0.39, 0.29) is 5.89 Å². The van der Waals surface area contributed by atoms with Crippen LogP contribution in [0, 0.1) is 29.1 Å². The van der Waals surface area contributed by atoms with Crippen LogP contribution in [0.25, 0.3) is 0 Å². The standard InChI is InChI=1S/C10H7F5N4O/c1-2(16)9-18-19-10(20-9)17-8-6(14)4(12)3(11)5(13)7(8)15/h2H,16H2,1H3,(H,17,19). The average Bonchev–Trinajstić information content (AvgIpc) is 2.88. The first kappa shape index (κ1) is 14.2. The van der Waals surface area contributed by atoms with E-state index < -0.39 is 46.8 Å². The lowest BCUT2D eigenvalue weighted by atomic mass is 10.2. The third-order valence-electron chi connectivity index (χ3n) is 2.27. The van der Waals surface area contributed by atoms with E-state index in [0.717, 1.165) is 0 Å². The summed E-state index contributed by atoms with van der Waals surface area (Å²) in [6.07, 6.45) is 0. The van der Waals surface area contributed by atoms with Crippen LogP contribution in [0.15, 0.2) is 4.42 Å². The van der Waals surface area contributed by atoms with Gasteiger partial charge < -0.3 is 15.5 Å². The summed E-state index contributed by atoms with van der Waals surface area (Å²) in [4.78, 5) is 0. The van der Waals surface area contributed by atoms with Crippen LogP contribution in [0.3, 0.4) is 0 Å². The Hall–Kier alpha value is -2.23. The fraction of sp³-hybridized carbons (Fsp3) is 0.200. The van der Waals surface area contributed by atoms with Crippen LogP contribution in [0.4, 0.5) is 33.7 Å². The summed E-state index contributed by atoms with van der Waals surface area (Å²) in [5.41, 5.74) is 4.12. The first-order valence-corrected chi connectivity index (χ1v) is 5.20. The minimum absolute atomic E-state index is 0.0728. The van der Waals surface area contributed by atoms with E-state index in [1.807, 2.05) is 5.32 Å². The van der Waals surface area contributed by atoms with Gasteiger partial charge in [-0.3, -0.25) is 0 Å². The number of halogens is 5. The van der Waals surface area contributed by atoms with Gasteiger partial charge in [0, 0.05) is 0 Å². The maximum absolute atomic E-state index is 13.4. The molecule has 0 fully saturated rings. The van der Waals surface area contributed by atoms with E-state index in [0.29, 0.717) is 0 Å². The molecule has 0 amide bonds. The number of hydrogen-bond donors (Lipinski definition) is 2. The topological polar surface area (TPSA) is 77.0 Å². The van der Waals surface area contributed by atoms with E-state index in [4.69, 9.17) is 10.2 Å². The predicted molar refractivity (Wildman–Crippen MR) is 56.4 cm³/mol. The molecule has 0 saturated heterocycles. The Morgan fingerprint density at radius 3 is 1.90 bits per heavy atom. The Morgan fingerprint density at radius 2 is 1.45 bits per heavy atom. The summed E-state index contributed by atoms with van der Waals surface area (Å²) in [6.45, 7) is 1.50. The lowest BCUT2D eigenvalue weighted by Gasteiger charge is -2.07. The molecule has 1 atom stereocenters. The van der Waals surface area contributed by atoms with Crippen molar-refractivity contribution in [1.82, 2.24) is 10.2 Å². The molecule has 1 unspecified atom stereocenters. The van der Waals surface area contributed by atoms with E-state index >= 15 is 0 Å². The Balaban J connectivity index is 2.43. The molecule has 20 heavy (non-hydrogen) atoms. The van der Waals surface area contributed by atoms with Crippen LogP contribution in [0.5, 0.6) is 0 Å². The van der Waals surface area contributed by atoms with Gasteiger partial charge in [0.15, 0.2) is 23.3 Å². The Bertz CT molecular complexity index is 628. The minimum Gasteiger partial charge on any atom is -0.406 e. The summed E-state index contributed by atoms with van der Waals surface area (Å²) >= 11 is 0. The molecule has 0 spiro atoms. The minimum atomic E-state index is -2.26. The number of nitrogens with zero attached hydrogens (tertiary/aromatic N) is 2. The van der Waals surface area contributed by atoms with E-state index in [9.17, 15) is 22.0 Å². The molecule has 2 rings (SSSR count). The number of nitrogens with one attached hydrogen (secondary N) is 1. The van der Waals surface area contributed by atoms with Gasteiger partial charge >= 0.3 is 6.01 Å². The van der Waals surface area contributed by atoms with Gasteiger partial charge in [-0.15, -0.1) is 5.10 Å². The van der Waals surface area contributed by atoms with Crippen molar-refractivity contribution in [2.24, 2.45) is 5.73 Å². The van der Waals surface area contributed by atoms with Gasteiger partial charge in [-0.1, -0.05) is 5.10 Å². The van der Waals surface area contributed by atoms with Gasteiger partial charge in [0.1, 0.15) is 5.69 Å². The molecular weight excluding hydrogens is 287 g/mol. The molecule has 0 bridgehead atoms. The van der Waals surface area contributed by atoms with Crippen molar-refractivity contribution in [3.05, 3.63) is 35.0 Å². The first-order valence-electron chi connectivity index (χ1n) is 5.20. The third-order valence-corrected chi connectivity index (χ3v) is 2.27. The number of aromatic nitrogens is 2. The van der Waals surface area contributed by atoms with Gasteiger partial charge in [0.2, 0.25) is 11.7 Å². The predicted octanol–water partition coefficient (Wildman–Crippen LogP) is 2.53. The number of nitrogens with two attached hydrogens (primary N) is 1. The highest BCUT2D eigenvalue weighted by Gasteiger charge is 2.26. The Labute approximate surface area is 108 Å². The Kier molecular flexibility index (Phi) is 3.57. The molecule has 2 aromatic rings. The Morgan fingerprint density at radius 1 is 0.950 bits per heavy atom. The normalized spacial score (nSPS) is 12.6. The zero-order valence-electron chi connectivity index (χ0n) is 9.85. The van der Waals surface area contributed by atoms with Crippen molar-refractivity contribution < 1.29 is 26.4 Å².